The van der Waals surface area contributed by atoms with Crippen molar-refractivity contribution >= 4 is 5.91 Å². The summed E-state index contributed by atoms with van der Waals surface area (Å²) < 4.78 is 11.2. The summed E-state index contributed by atoms with van der Waals surface area (Å²) in [6.07, 6.45) is 29.6. The summed E-state index contributed by atoms with van der Waals surface area (Å²) in [5.74, 6) is -0.176. The standard InChI is InChI=1S/C42H81NO8/c1-3-5-7-9-11-13-15-17-18-20-22-24-26-28-30-32-38(46)43-35(34-50-42-41(49)40(48)39(47)37(33-44)51-42)36(45)31-29-27-25-23-21-19-16-14-12-10-8-6-4-2/h29,31,35-37,39-42,44-45,47-49H,3-28,30,32-34H2,1-2H3,(H,43,46)/b31-29+/t35-,36+,37?,39+,40?,41-,42+/m0/s1. The van der Waals surface area contributed by atoms with Gasteiger partial charge in [0, 0.05) is 6.42 Å². The quantitative estimate of drug-likeness (QED) is 0.0283. The number of carbonyl (C=O) groups is 1. The molecule has 0 bridgehead atoms. The van der Waals surface area contributed by atoms with E-state index in [1.807, 2.05) is 6.08 Å². The van der Waals surface area contributed by atoms with Crippen molar-refractivity contribution in [3.8, 4) is 0 Å². The number of carbonyl (C=O) groups excluding carboxylic acids is 1. The van der Waals surface area contributed by atoms with E-state index in [0.29, 0.717) is 6.42 Å². The van der Waals surface area contributed by atoms with Crippen molar-refractivity contribution in [1.82, 2.24) is 5.32 Å². The zero-order valence-electron chi connectivity index (χ0n) is 32.9. The molecule has 1 aliphatic rings. The summed E-state index contributed by atoms with van der Waals surface area (Å²) in [4.78, 5) is 12.9. The van der Waals surface area contributed by atoms with Gasteiger partial charge in [-0.25, -0.2) is 0 Å². The van der Waals surface area contributed by atoms with Crippen LogP contribution in [0, 0.1) is 0 Å². The molecule has 9 nitrogen and oxygen atoms in total. The first-order valence-electron chi connectivity index (χ1n) is 21.4. The lowest BCUT2D eigenvalue weighted by molar-refractivity contribution is -0.302. The summed E-state index contributed by atoms with van der Waals surface area (Å²) in [5, 5.41) is 54.0. The van der Waals surface area contributed by atoms with Gasteiger partial charge in [0.25, 0.3) is 0 Å². The number of rotatable bonds is 35. The van der Waals surface area contributed by atoms with Gasteiger partial charge < -0.3 is 40.3 Å². The van der Waals surface area contributed by atoms with E-state index in [-0.39, 0.29) is 12.5 Å². The minimum Gasteiger partial charge on any atom is -0.394 e. The number of hydrogen-bond acceptors (Lipinski definition) is 8. The van der Waals surface area contributed by atoms with Crippen LogP contribution in [0.2, 0.25) is 0 Å². The Balaban J connectivity index is 2.39. The van der Waals surface area contributed by atoms with E-state index in [1.54, 1.807) is 6.08 Å². The van der Waals surface area contributed by atoms with Crippen molar-refractivity contribution < 1.29 is 39.8 Å². The van der Waals surface area contributed by atoms with Crippen molar-refractivity contribution in [3.05, 3.63) is 12.2 Å². The van der Waals surface area contributed by atoms with Crippen LogP contribution in [-0.4, -0.2) is 87.5 Å². The Labute approximate surface area is 312 Å². The number of ether oxygens (including phenoxy) is 2. The molecule has 1 saturated heterocycles. The van der Waals surface area contributed by atoms with Crippen LogP contribution in [0.5, 0.6) is 0 Å². The molecule has 0 aromatic heterocycles. The lowest BCUT2D eigenvalue weighted by atomic mass is 9.99. The maximum Gasteiger partial charge on any atom is 0.220 e. The molecule has 302 valence electrons. The van der Waals surface area contributed by atoms with Gasteiger partial charge in [0.1, 0.15) is 24.4 Å². The summed E-state index contributed by atoms with van der Waals surface area (Å²) in [5.41, 5.74) is 0. The lowest BCUT2D eigenvalue weighted by Gasteiger charge is -2.40. The van der Waals surface area contributed by atoms with E-state index in [0.717, 1.165) is 38.5 Å². The predicted octanol–water partition coefficient (Wildman–Crippen LogP) is 8.17. The average Bonchev–Trinajstić information content (AvgIpc) is 3.13. The van der Waals surface area contributed by atoms with E-state index in [9.17, 15) is 30.3 Å². The fraction of sp³-hybridized carbons (Fsp3) is 0.929. The molecule has 0 aliphatic carbocycles. The SMILES string of the molecule is CCCCCCCCCCCCC/C=C/[C@@H](O)[C@H](CO[C@@H]1OC(CO)[C@@H](O)C(O)[C@@H]1O)NC(=O)CCCCCCCCCCCCCCCCC. The zero-order chi connectivity index (χ0) is 37.4. The molecular formula is C42H81NO8. The number of amides is 1. The third-order valence-corrected chi connectivity index (χ3v) is 10.4. The van der Waals surface area contributed by atoms with E-state index in [4.69, 9.17) is 9.47 Å². The van der Waals surface area contributed by atoms with Crippen LogP contribution in [0.1, 0.15) is 194 Å². The van der Waals surface area contributed by atoms with Gasteiger partial charge in [-0.15, -0.1) is 0 Å². The van der Waals surface area contributed by atoms with Gasteiger partial charge in [-0.1, -0.05) is 180 Å². The molecule has 51 heavy (non-hydrogen) atoms. The Morgan fingerprint density at radius 1 is 0.647 bits per heavy atom. The molecule has 0 aromatic carbocycles. The Hall–Kier alpha value is -1.07. The zero-order valence-corrected chi connectivity index (χ0v) is 32.9. The van der Waals surface area contributed by atoms with Gasteiger partial charge >= 0.3 is 0 Å². The monoisotopic (exact) mass is 728 g/mol. The largest absolute Gasteiger partial charge is 0.394 e. The van der Waals surface area contributed by atoms with Gasteiger partial charge in [-0.3, -0.25) is 4.79 Å². The third kappa shape index (κ3) is 24.8. The Bertz CT molecular complexity index is 812. The van der Waals surface area contributed by atoms with Crippen molar-refractivity contribution in [1.29, 1.82) is 0 Å². The van der Waals surface area contributed by atoms with E-state index in [1.165, 1.54) is 135 Å². The second-order valence-corrected chi connectivity index (χ2v) is 15.1. The van der Waals surface area contributed by atoms with Crippen molar-refractivity contribution in [3.63, 3.8) is 0 Å². The van der Waals surface area contributed by atoms with E-state index >= 15 is 0 Å². The van der Waals surface area contributed by atoms with Crippen LogP contribution in [0.4, 0.5) is 0 Å². The van der Waals surface area contributed by atoms with Crippen LogP contribution in [-0.2, 0) is 14.3 Å². The van der Waals surface area contributed by atoms with Gasteiger partial charge in [0.2, 0.25) is 5.91 Å². The molecule has 0 saturated carbocycles. The Morgan fingerprint density at radius 2 is 1.08 bits per heavy atom. The van der Waals surface area contributed by atoms with Crippen LogP contribution in [0.15, 0.2) is 12.2 Å². The molecule has 0 spiro atoms. The van der Waals surface area contributed by atoms with E-state index in [2.05, 4.69) is 19.2 Å². The number of aliphatic hydroxyl groups excluding tert-OH is 5. The smallest absolute Gasteiger partial charge is 0.220 e. The fourth-order valence-electron chi connectivity index (χ4n) is 6.86. The van der Waals surface area contributed by atoms with Crippen molar-refractivity contribution in [2.45, 2.75) is 236 Å². The highest BCUT2D eigenvalue weighted by molar-refractivity contribution is 5.76. The Kier molecular flexibility index (Phi) is 31.5. The molecule has 1 aliphatic heterocycles. The second-order valence-electron chi connectivity index (χ2n) is 15.1. The third-order valence-electron chi connectivity index (χ3n) is 10.4. The number of unbranched alkanes of at least 4 members (excludes halogenated alkanes) is 25. The first-order valence-corrected chi connectivity index (χ1v) is 21.4. The van der Waals surface area contributed by atoms with Crippen molar-refractivity contribution in [2.75, 3.05) is 13.2 Å². The van der Waals surface area contributed by atoms with Gasteiger partial charge in [-0.2, -0.15) is 0 Å². The molecule has 0 aromatic rings. The number of aliphatic hydroxyl groups is 5. The molecule has 1 amide bonds. The summed E-state index contributed by atoms with van der Waals surface area (Å²) in [7, 11) is 0. The van der Waals surface area contributed by atoms with Gasteiger partial charge in [0.05, 0.1) is 25.4 Å². The Morgan fingerprint density at radius 3 is 1.53 bits per heavy atom. The van der Waals surface area contributed by atoms with Gasteiger partial charge in [0.15, 0.2) is 6.29 Å². The van der Waals surface area contributed by atoms with E-state index < -0.39 is 49.5 Å². The number of allylic oxidation sites excluding steroid dienone is 1. The summed E-state index contributed by atoms with van der Waals surface area (Å²) in [6.45, 7) is 3.76. The molecule has 1 rings (SSSR count). The molecule has 6 N–H and O–H groups in total. The first-order chi connectivity index (χ1) is 24.8. The molecule has 2 unspecified atom stereocenters. The lowest BCUT2D eigenvalue weighted by Crippen LogP contribution is -2.60. The topological polar surface area (TPSA) is 149 Å². The fourth-order valence-corrected chi connectivity index (χ4v) is 6.86. The molecule has 9 heteroatoms. The molecule has 0 radical (unpaired) electrons. The van der Waals surface area contributed by atoms with Crippen LogP contribution in [0.3, 0.4) is 0 Å². The molecule has 1 heterocycles. The first kappa shape index (κ1) is 48.0. The highest BCUT2D eigenvalue weighted by Crippen LogP contribution is 2.22. The predicted molar refractivity (Wildman–Crippen MR) is 207 cm³/mol. The highest BCUT2D eigenvalue weighted by Gasteiger charge is 2.44. The van der Waals surface area contributed by atoms with Crippen molar-refractivity contribution in [2.24, 2.45) is 0 Å². The minimum absolute atomic E-state index is 0.176. The summed E-state index contributed by atoms with van der Waals surface area (Å²) in [6, 6.07) is -0.796. The average molecular weight is 728 g/mol. The maximum absolute atomic E-state index is 12.9. The van der Waals surface area contributed by atoms with Crippen LogP contribution < -0.4 is 5.32 Å². The number of nitrogens with one attached hydrogen (secondary N) is 1. The molecule has 1 fully saturated rings. The summed E-state index contributed by atoms with van der Waals surface area (Å²) >= 11 is 0. The molecular weight excluding hydrogens is 646 g/mol. The van der Waals surface area contributed by atoms with Gasteiger partial charge in [-0.05, 0) is 19.3 Å². The number of hydrogen-bond donors (Lipinski definition) is 6. The normalized spacial score (nSPS) is 22.1. The second kappa shape index (κ2) is 33.5. The maximum atomic E-state index is 12.9. The highest BCUT2D eigenvalue weighted by atomic mass is 16.7. The minimum atomic E-state index is -1.56. The van der Waals surface area contributed by atoms with Crippen LogP contribution in [0.25, 0.3) is 0 Å². The molecule has 7 atom stereocenters. The van der Waals surface area contributed by atoms with Crippen LogP contribution >= 0.6 is 0 Å².